The minimum absolute atomic E-state index is 0.215. The van der Waals surface area contributed by atoms with Gasteiger partial charge in [-0.15, -0.1) is 0 Å². The summed E-state index contributed by atoms with van der Waals surface area (Å²) in [5.41, 5.74) is 4.10. The van der Waals surface area contributed by atoms with Crippen LogP contribution in [-0.4, -0.2) is 21.8 Å². The molecule has 1 aromatic heterocycles. The molecule has 0 saturated carbocycles. The van der Waals surface area contributed by atoms with Crippen molar-refractivity contribution in [2.75, 3.05) is 6.61 Å². The molecule has 0 aliphatic carbocycles. The van der Waals surface area contributed by atoms with Crippen molar-refractivity contribution in [3.05, 3.63) is 41.6 Å². The first-order chi connectivity index (χ1) is 8.20. The summed E-state index contributed by atoms with van der Waals surface area (Å²) in [7, 11) is 0. The highest BCUT2D eigenvalue weighted by molar-refractivity contribution is 5.62. The average Bonchev–Trinajstić information content (AvgIpc) is 2.79. The molecule has 0 aliphatic heterocycles. The van der Waals surface area contributed by atoms with Crippen LogP contribution in [0.5, 0.6) is 5.75 Å². The van der Waals surface area contributed by atoms with Crippen molar-refractivity contribution in [1.82, 2.24) is 4.98 Å². The van der Waals surface area contributed by atoms with E-state index in [0.29, 0.717) is 5.75 Å². The first kappa shape index (κ1) is 11.7. The number of rotatable bonds is 4. The molecule has 3 heteroatoms. The number of hydrogen-bond acceptors (Lipinski definition) is 2. The molecule has 3 N–H and O–H groups in total. The van der Waals surface area contributed by atoms with Crippen LogP contribution in [0.2, 0.25) is 0 Å². The summed E-state index contributed by atoms with van der Waals surface area (Å²) in [5.74, 6) is 0.320. The van der Waals surface area contributed by atoms with E-state index < -0.39 is 0 Å². The van der Waals surface area contributed by atoms with E-state index in [1.807, 2.05) is 31.2 Å². The molecule has 1 aromatic carbocycles. The van der Waals surface area contributed by atoms with Crippen LogP contribution in [0.15, 0.2) is 30.3 Å². The number of aryl methyl sites for hydroxylation is 2. The molecule has 0 amide bonds. The molecular formula is C14H17NO2. The summed E-state index contributed by atoms with van der Waals surface area (Å²) in [6, 6.07) is 9.62. The number of phenolic OH excluding ortho intramolecular Hbond substituents is 1. The van der Waals surface area contributed by atoms with Gasteiger partial charge in [-0.1, -0.05) is 0 Å². The number of aromatic hydroxyl groups is 1. The zero-order valence-corrected chi connectivity index (χ0v) is 9.90. The Kier molecular flexibility index (Phi) is 3.49. The van der Waals surface area contributed by atoms with Gasteiger partial charge in [-0.25, -0.2) is 0 Å². The van der Waals surface area contributed by atoms with Gasteiger partial charge in [-0.05, 0) is 61.2 Å². The summed E-state index contributed by atoms with van der Waals surface area (Å²) in [4.78, 5) is 3.32. The molecule has 0 unspecified atom stereocenters. The van der Waals surface area contributed by atoms with Crippen molar-refractivity contribution < 1.29 is 10.2 Å². The summed E-state index contributed by atoms with van der Waals surface area (Å²) in [6.07, 6.45) is 1.63. The van der Waals surface area contributed by atoms with Crippen molar-refractivity contribution >= 4 is 0 Å². The maximum Gasteiger partial charge on any atom is 0.118 e. The SMILES string of the molecule is Cc1cc(-c2ccc(CCCO)[nH]2)ccc1O. The molecule has 2 rings (SSSR count). The standard InChI is InChI=1S/C14H17NO2/c1-10-9-11(4-7-14(10)17)13-6-5-12(15-13)3-2-8-16/h4-7,9,15-17H,2-3,8H2,1H3. The van der Waals surface area contributed by atoms with Crippen molar-refractivity contribution in [1.29, 1.82) is 0 Å². The number of hydrogen-bond donors (Lipinski definition) is 3. The Hall–Kier alpha value is -1.74. The van der Waals surface area contributed by atoms with Crippen LogP contribution in [0.1, 0.15) is 17.7 Å². The number of H-pyrrole nitrogens is 1. The van der Waals surface area contributed by atoms with Gasteiger partial charge in [0.1, 0.15) is 5.75 Å². The van der Waals surface area contributed by atoms with Crippen LogP contribution in [0.4, 0.5) is 0 Å². The Morgan fingerprint density at radius 2 is 2.00 bits per heavy atom. The predicted molar refractivity (Wildman–Crippen MR) is 68.0 cm³/mol. The quantitative estimate of drug-likeness (QED) is 0.757. The van der Waals surface area contributed by atoms with E-state index in [2.05, 4.69) is 4.98 Å². The minimum Gasteiger partial charge on any atom is -0.508 e. The zero-order valence-electron chi connectivity index (χ0n) is 9.90. The number of aromatic nitrogens is 1. The minimum atomic E-state index is 0.215. The largest absolute Gasteiger partial charge is 0.508 e. The molecule has 2 aromatic rings. The monoisotopic (exact) mass is 231 g/mol. The highest BCUT2D eigenvalue weighted by Gasteiger charge is 2.03. The first-order valence-corrected chi connectivity index (χ1v) is 5.79. The lowest BCUT2D eigenvalue weighted by molar-refractivity contribution is 0.288. The number of aliphatic hydroxyl groups excluding tert-OH is 1. The Morgan fingerprint density at radius 1 is 1.18 bits per heavy atom. The molecule has 0 radical (unpaired) electrons. The molecular weight excluding hydrogens is 214 g/mol. The lowest BCUT2D eigenvalue weighted by atomic mass is 10.1. The topological polar surface area (TPSA) is 56.2 Å². The molecule has 1 heterocycles. The fraction of sp³-hybridized carbons (Fsp3) is 0.286. The van der Waals surface area contributed by atoms with E-state index >= 15 is 0 Å². The third kappa shape index (κ3) is 2.68. The molecule has 0 atom stereocenters. The van der Waals surface area contributed by atoms with Crippen molar-refractivity contribution in [2.24, 2.45) is 0 Å². The Balaban J connectivity index is 2.21. The van der Waals surface area contributed by atoms with E-state index in [1.54, 1.807) is 6.07 Å². The van der Waals surface area contributed by atoms with Gasteiger partial charge < -0.3 is 15.2 Å². The second kappa shape index (κ2) is 5.06. The van der Waals surface area contributed by atoms with Gasteiger partial charge in [0.05, 0.1) is 0 Å². The Bertz CT molecular complexity index is 503. The fourth-order valence-corrected chi connectivity index (χ4v) is 1.85. The molecule has 0 saturated heterocycles. The predicted octanol–water partition coefficient (Wildman–Crippen LogP) is 2.62. The second-order valence-electron chi connectivity index (χ2n) is 4.23. The normalized spacial score (nSPS) is 10.7. The van der Waals surface area contributed by atoms with E-state index in [4.69, 9.17) is 5.11 Å². The lowest BCUT2D eigenvalue weighted by Gasteiger charge is -2.02. The number of phenols is 1. The summed E-state index contributed by atoms with van der Waals surface area (Å²) in [6.45, 7) is 2.10. The average molecular weight is 231 g/mol. The van der Waals surface area contributed by atoms with Crippen LogP contribution in [0.25, 0.3) is 11.3 Å². The second-order valence-corrected chi connectivity index (χ2v) is 4.23. The maximum absolute atomic E-state index is 9.47. The summed E-state index contributed by atoms with van der Waals surface area (Å²) < 4.78 is 0. The van der Waals surface area contributed by atoms with Crippen LogP contribution in [0.3, 0.4) is 0 Å². The van der Waals surface area contributed by atoms with E-state index in [1.165, 1.54) is 0 Å². The van der Waals surface area contributed by atoms with Crippen LogP contribution in [-0.2, 0) is 6.42 Å². The van der Waals surface area contributed by atoms with Gasteiger partial charge in [0, 0.05) is 18.0 Å². The van der Waals surface area contributed by atoms with Crippen molar-refractivity contribution in [3.63, 3.8) is 0 Å². The molecule has 0 spiro atoms. The van der Waals surface area contributed by atoms with E-state index in [0.717, 1.165) is 35.4 Å². The van der Waals surface area contributed by atoms with Gasteiger partial charge in [0.25, 0.3) is 0 Å². The smallest absolute Gasteiger partial charge is 0.118 e. The van der Waals surface area contributed by atoms with Gasteiger partial charge in [0.15, 0.2) is 0 Å². The third-order valence-corrected chi connectivity index (χ3v) is 2.86. The Morgan fingerprint density at radius 3 is 2.71 bits per heavy atom. The molecule has 0 aliphatic rings. The summed E-state index contributed by atoms with van der Waals surface area (Å²) in [5, 5.41) is 18.3. The van der Waals surface area contributed by atoms with Crippen LogP contribution in [0, 0.1) is 6.92 Å². The van der Waals surface area contributed by atoms with Gasteiger partial charge >= 0.3 is 0 Å². The van der Waals surface area contributed by atoms with Gasteiger partial charge in [-0.2, -0.15) is 0 Å². The molecule has 17 heavy (non-hydrogen) atoms. The van der Waals surface area contributed by atoms with Crippen LogP contribution < -0.4 is 0 Å². The third-order valence-electron chi connectivity index (χ3n) is 2.86. The van der Waals surface area contributed by atoms with Gasteiger partial charge in [0.2, 0.25) is 0 Å². The number of aliphatic hydroxyl groups is 1. The Labute approximate surface area is 101 Å². The molecule has 90 valence electrons. The van der Waals surface area contributed by atoms with E-state index in [-0.39, 0.29) is 6.61 Å². The molecule has 0 fully saturated rings. The van der Waals surface area contributed by atoms with Crippen molar-refractivity contribution in [2.45, 2.75) is 19.8 Å². The zero-order chi connectivity index (χ0) is 12.3. The first-order valence-electron chi connectivity index (χ1n) is 5.79. The maximum atomic E-state index is 9.47. The van der Waals surface area contributed by atoms with E-state index in [9.17, 15) is 5.11 Å². The highest BCUT2D eigenvalue weighted by atomic mass is 16.3. The lowest BCUT2D eigenvalue weighted by Crippen LogP contribution is -1.89. The van der Waals surface area contributed by atoms with Crippen LogP contribution >= 0.6 is 0 Å². The van der Waals surface area contributed by atoms with Gasteiger partial charge in [-0.3, -0.25) is 0 Å². The number of aromatic amines is 1. The van der Waals surface area contributed by atoms with Crippen molar-refractivity contribution in [3.8, 4) is 17.0 Å². The number of benzene rings is 1. The molecule has 0 bridgehead atoms. The fourth-order valence-electron chi connectivity index (χ4n) is 1.85. The number of nitrogens with one attached hydrogen (secondary N) is 1. The summed E-state index contributed by atoms with van der Waals surface area (Å²) >= 11 is 0. The highest BCUT2D eigenvalue weighted by Crippen LogP contribution is 2.24. The molecule has 3 nitrogen and oxygen atoms in total.